The van der Waals surface area contributed by atoms with Crippen molar-refractivity contribution in [2.45, 2.75) is 13.3 Å². The van der Waals surface area contributed by atoms with E-state index in [9.17, 15) is 9.59 Å². The summed E-state index contributed by atoms with van der Waals surface area (Å²) in [5.74, 6) is -0.720. The van der Waals surface area contributed by atoms with E-state index in [1.807, 2.05) is 37.3 Å². The number of carbonyl (C=O) groups excluding carboxylic acids is 2. The van der Waals surface area contributed by atoms with E-state index in [0.29, 0.717) is 21.4 Å². The van der Waals surface area contributed by atoms with Gasteiger partial charge in [0.25, 0.3) is 5.91 Å². The van der Waals surface area contributed by atoms with Crippen LogP contribution in [-0.2, 0) is 11.2 Å². The van der Waals surface area contributed by atoms with Gasteiger partial charge in [0, 0.05) is 10.9 Å². The van der Waals surface area contributed by atoms with Crippen LogP contribution in [0.2, 0.25) is 0 Å². The molecule has 0 fully saturated rings. The third-order valence-corrected chi connectivity index (χ3v) is 4.89. The van der Waals surface area contributed by atoms with Crippen LogP contribution in [0.25, 0.3) is 11.3 Å². The molecule has 0 aliphatic rings. The summed E-state index contributed by atoms with van der Waals surface area (Å²) in [5.41, 5.74) is 7.24. The average molecular weight is 358 g/mol. The van der Waals surface area contributed by atoms with Crippen LogP contribution in [0, 0.1) is 6.92 Å². The lowest BCUT2D eigenvalue weighted by Gasteiger charge is -2.02. The van der Waals surface area contributed by atoms with E-state index in [1.54, 1.807) is 5.38 Å². The molecule has 0 aliphatic heterocycles. The first-order chi connectivity index (χ1) is 11.5. The molecule has 0 bridgehead atoms. The van der Waals surface area contributed by atoms with E-state index in [2.05, 4.69) is 15.3 Å². The van der Waals surface area contributed by atoms with Crippen molar-refractivity contribution in [1.29, 1.82) is 0 Å². The normalized spacial score (nSPS) is 10.5. The number of aromatic nitrogens is 2. The first-order valence-electron chi connectivity index (χ1n) is 7.10. The number of carbonyl (C=O) groups is 2. The summed E-state index contributed by atoms with van der Waals surface area (Å²) in [6.45, 7) is 1.86. The molecule has 2 amide bonds. The lowest BCUT2D eigenvalue weighted by molar-refractivity contribution is -0.117. The lowest BCUT2D eigenvalue weighted by Crippen LogP contribution is -2.14. The number of nitrogens with one attached hydrogen (secondary N) is 1. The molecule has 6 nitrogen and oxygen atoms in total. The van der Waals surface area contributed by atoms with Gasteiger partial charge in [-0.25, -0.2) is 9.97 Å². The van der Waals surface area contributed by atoms with Crippen molar-refractivity contribution in [3.63, 3.8) is 0 Å². The fourth-order valence-corrected chi connectivity index (χ4v) is 3.69. The van der Waals surface area contributed by atoms with Crippen LogP contribution in [0.3, 0.4) is 0 Å². The number of nitrogens with two attached hydrogens (primary N) is 1. The molecular weight excluding hydrogens is 344 g/mol. The zero-order chi connectivity index (χ0) is 17.1. The fourth-order valence-electron chi connectivity index (χ4n) is 2.15. The Balaban J connectivity index is 1.83. The Labute approximate surface area is 146 Å². The minimum atomic E-state index is -0.456. The maximum Gasteiger partial charge on any atom is 0.269 e. The Morgan fingerprint density at radius 1 is 1.21 bits per heavy atom. The SMILES string of the molecule is Cc1nc(-c2ccccc2)c(C(=O)Nc2nc(CC(N)=O)cs2)s1. The van der Waals surface area contributed by atoms with Gasteiger partial charge in [-0.3, -0.25) is 14.9 Å². The molecule has 24 heavy (non-hydrogen) atoms. The second-order valence-corrected chi connectivity index (χ2v) is 7.08. The molecule has 3 rings (SSSR count). The first-order valence-corrected chi connectivity index (χ1v) is 8.79. The molecular formula is C16H14N4O2S2. The van der Waals surface area contributed by atoms with Gasteiger partial charge in [-0.2, -0.15) is 0 Å². The maximum absolute atomic E-state index is 12.6. The van der Waals surface area contributed by atoms with Crippen molar-refractivity contribution in [3.8, 4) is 11.3 Å². The topological polar surface area (TPSA) is 98.0 Å². The van der Waals surface area contributed by atoms with E-state index < -0.39 is 5.91 Å². The van der Waals surface area contributed by atoms with Crippen molar-refractivity contribution in [1.82, 2.24) is 9.97 Å². The summed E-state index contributed by atoms with van der Waals surface area (Å²) in [6, 6.07) is 9.56. The highest BCUT2D eigenvalue weighted by Gasteiger charge is 2.19. The fraction of sp³-hybridized carbons (Fsp3) is 0.125. The molecule has 0 radical (unpaired) electrons. The van der Waals surface area contributed by atoms with E-state index in [0.717, 1.165) is 10.6 Å². The summed E-state index contributed by atoms with van der Waals surface area (Å²) in [4.78, 5) is 32.7. The Kier molecular flexibility index (Phi) is 4.68. The van der Waals surface area contributed by atoms with Gasteiger partial charge in [-0.05, 0) is 6.92 Å². The van der Waals surface area contributed by atoms with Gasteiger partial charge < -0.3 is 5.73 Å². The van der Waals surface area contributed by atoms with Crippen LogP contribution in [0.1, 0.15) is 20.4 Å². The highest BCUT2D eigenvalue weighted by atomic mass is 32.1. The van der Waals surface area contributed by atoms with Crippen LogP contribution in [0.4, 0.5) is 5.13 Å². The zero-order valence-corrected chi connectivity index (χ0v) is 14.4. The first kappa shape index (κ1) is 16.3. The largest absolute Gasteiger partial charge is 0.369 e. The molecule has 0 unspecified atom stereocenters. The Hall–Kier alpha value is -2.58. The molecule has 0 atom stereocenters. The molecule has 0 spiro atoms. The number of hydrogen-bond acceptors (Lipinski definition) is 6. The summed E-state index contributed by atoms with van der Waals surface area (Å²) in [6.07, 6.45) is 0.0568. The Morgan fingerprint density at radius 2 is 1.96 bits per heavy atom. The number of primary amides is 1. The van der Waals surface area contributed by atoms with Crippen LogP contribution in [-0.4, -0.2) is 21.8 Å². The molecule has 2 aromatic heterocycles. The summed E-state index contributed by atoms with van der Waals surface area (Å²) in [7, 11) is 0. The monoisotopic (exact) mass is 358 g/mol. The third-order valence-electron chi connectivity index (χ3n) is 3.12. The van der Waals surface area contributed by atoms with Gasteiger partial charge in [0.2, 0.25) is 5.91 Å². The second kappa shape index (κ2) is 6.90. The van der Waals surface area contributed by atoms with E-state index in [-0.39, 0.29) is 12.3 Å². The van der Waals surface area contributed by atoms with Gasteiger partial charge >= 0.3 is 0 Å². The molecule has 8 heteroatoms. The number of hydrogen-bond donors (Lipinski definition) is 2. The number of anilines is 1. The summed E-state index contributed by atoms with van der Waals surface area (Å²) in [5, 5.41) is 5.71. The number of nitrogens with zero attached hydrogens (tertiary/aromatic N) is 2. The predicted octanol–water partition coefficient (Wildman–Crippen LogP) is 2.86. The minimum Gasteiger partial charge on any atom is -0.369 e. The molecule has 0 saturated carbocycles. The number of amides is 2. The average Bonchev–Trinajstić information content (AvgIpc) is 3.14. The van der Waals surface area contributed by atoms with Crippen molar-refractivity contribution in [2.24, 2.45) is 5.73 Å². The minimum absolute atomic E-state index is 0.0568. The Bertz CT molecular complexity index is 887. The summed E-state index contributed by atoms with van der Waals surface area (Å²) >= 11 is 2.59. The third kappa shape index (κ3) is 3.66. The van der Waals surface area contributed by atoms with E-state index in [1.165, 1.54) is 22.7 Å². The Morgan fingerprint density at radius 3 is 2.67 bits per heavy atom. The highest BCUT2D eigenvalue weighted by Crippen LogP contribution is 2.29. The zero-order valence-electron chi connectivity index (χ0n) is 12.8. The van der Waals surface area contributed by atoms with Crippen molar-refractivity contribution >= 4 is 39.6 Å². The maximum atomic E-state index is 12.6. The quantitative estimate of drug-likeness (QED) is 0.733. The number of aryl methyl sites for hydroxylation is 1. The van der Waals surface area contributed by atoms with Crippen LogP contribution in [0.15, 0.2) is 35.7 Å². The van der Waals surface area contributed by atoms with E-state index >= 15 is 0 Å². The van der Waals surface area contributed by atoms with Gasteiger partial charge in [0.15, 0.2) is 5.13 Å². The summed E-state index contributed by atoms with van der Waals surface area (Å²) < 4.78 is 0. The van der Waals surface area contributed by atoms with Crippen LogP contribution in [0.5, 0.6) is 0 Å². The standard InChI is InChI=1S/C16H14N4O2S2/c1-9-18-13(10-5-3-2-4-6-10)14(24-9)15(22)20-16-19-11(8-23-16)7-12(17)21/h2-6,8H,7H2,1H3,(H2,17,21)(H,19,20,22). The van der Waals surface area contributed by atoms with Crippen molar-refractivity contribution in [3.05, 3.63) is 51.3 Å². The van der Waals surface area contributed by atoms with Gasteiger partial charge in [0.1, 0.15) is 4.88 Å². The number of thiazole rings is 2. The van der Waals surface area contributed by atoms with E-state index in [4.69, 9.17) is 5.73 Å². The number of rotatable bonds is 5. The molecule has 3 N–H and O–H groups in total. The molecule has 122 valence electrons. The van der Waals surface area contributed by atoms with Crippen molar-refractivity contribution < 1.29 is 9.59 Å². The molecule has 3 aromatic rings. The van der Waals surface area contributed by atoms with Gasteiger partial charge in [-0.1, -0.05) is 30.3 Å². The molecule has 0 aliphatic carbocycles. The van der Waals surface area contributed by atoms with Crippen LogP contribution < -0.4 is 11.1 Å². The van der Waals surface area contributed by atoms with Crippen LogP contribution >= 0.6 is 22.7 Å². The number of benzene rings is 1. The highest BCUT2D eigenvalue weighted by molar-refractivity contribution is 7.15. The van der Waals surface area contributed by atoms with Gasteiger partial charge in [-0.15, -0.1) is 22.7 Å². The predicted molar refractivity (Wildman–Crippen MR) is 95.3 cm³/mol. The molecule has 0 saturated heterocycles. The molecule has 1 aromatic carbocycles. The molecule has 2 heterocycles. The van der Waals surface area contributed by atoms with Gasteiger partial charge in [0.05, 0.1) is 22.8 Å². The smallest absolute Gasteiger partial charge is 0.269 e. The second-order valence-electron chi connectivity index (χ2n) is 5.02. The lowest BCUT2D eigenvalue weighted by atomic mass is 10.1. The van der Waals surface area contributed by atoms with Crippen molar-refractivity contribution in [2.75, 3.05) is 5.32 Å².